The number of carbonyl (C=O) groups is 3. The minimum Gasteiger partial charge on any atom is -0.394 e. The van der Waals surface area contributed by atoms with Gasteiger partial charge >= 0.3 is 0 Å². The average Bonchev–Trinajstić information content (AvgIpc) is 3.61. The summed E-state index contributed by atoms with van der Waals surface area (Å²) in [4.78, 5) is 51.7. The lowest BCUT2D eigenvalue weighted by Gasteiger charge is -2.39. The molecule has 2 aromatic rings. The number of hydrogen-bond acceptors (Lipinski definition) is 6. The third-order valence-electron chi connectivity index (χ3n) is 11.1. The van der Waals surface area contributed by atoms with Crippen molar-refractivity contribution in [1.82, 2.24) is 9.80 Å². The Hall–Kier alpha value is -3.95. The number of ether oxygens (including phenoxy) is 1. The Bertz CT molecular complexity index is 1490. The van der Waals surface area contributed by atoms with E-state index in [0.717, 1.165) is 24.3 Å². The van der Waals surface area contributed by atoms with Gasteiger partial charge < -0.3 is 29.4 Å². The largest absolute Gasteiger partial charge is 0.394 e. The van der Waals surface area contributed by atoms with Gasteiger partial charge in [-0.3, -0.25) is 14.4 Å². The van der Waals surface area contributed by atoms with Crippen LogP contribution in [0.2, 0.25) is 0 Å². The number of fused-ring (bicyclic) bond motifs is 1. The fourth-order valence-corrected chi connectivity index (χ4v) is 8.56. The van der Waals surface area contributed by atoms with Crippen LogP contribution >= 0.6 is 0 Å². The minimum atomic E-state index is -1.24. The molecule has 0 aliphatic carbocycles. The monoisotopic (exact) mass is 656 g/mol. The molecule has 7 atom stereocenters. The van der Waals surface area contributed by atoms with Gasteiger partial charge in [-0.15, -0.1) is 13.2 Å². The number of carbonyl (C=O) groups excluding carboxylic acids is 3. The van der Waals surface area contributed by atoms with Gasteiger partial charge in [0, 0.05) is 44.1 Å². The van der Waals surface area contributed by atoms with Gasteiger partial charge in [0.1, 0.15) is 11.6 Å². The molecule has 2 bridgehead atoms. The van der Waals surface area contributed by atoms with Crippen molar-refractivity contribution >= 4 is 29.1 Å². The van der Waals surface area contributed by atoms with E-state index in [4.69, 9.17) is 4.74 Å². The van der Waals surface area contributed by atoms with Gasteiger partial charge in [0.2, 0.25) is 11.8 Å². The van der Waals surface area contributed by atoms with Crippen molar-refractivity contribution < 1.29 is 24.2 Å². The van der Waals surface area contributed by atoms with Crippen LogP contribution in [0.25, 0.3) is 0 Å². The molecule has 5 rings (SSSR count). The van der Waals surface area contributed by atoms with Crippen LogP contribution in [0.15, 0.2) is 79.9 Å². The van der Waals surface area contributed by atoms with Crippen molar-refractivity contribution in [2.24, 2.45) is 17.8 Å². The Labute approximate surface area is 285 Å². The molecule has 0 aromatic heterocycles. The lowest BCUT2D eigenvalue weighted by Crippen LogP contribution is -2.59. The molecular weight excluding hydrogens is 604 g/mol. The average molecular weight is 657 g/mol. The van der Waals surface area contributed by atoms with E-state index in [0.29, 0.717) is 31.6 Å². The summed E-state index contributed by atoms with van der Waals surface area (Å²) in [5.41, 5.74) is 0.500. The van der Waals surface area contributed by atoms with Gasteiger partial charge in [-0.2, -0.15) is 0 Å². The molecule has 0 saturated carbocycles. The zero-order valence-corrected chi connectivity index (χ0v) is 29.2. The zero-order valence-electron chi connectivity index (χ0n) is 29.2. The summed E-state index contributed by atoms with van der Waals surface area (Å²) in [6.45, 7) is 20.2. The van der Waals surface area contributed by atoms with E-state index >= 15 is 4.79 Å². The Kier molecular flexibility index (Phi) is 10.5. The molecule has 3 heterocycles. The first-order chi connectivity index (χ1) is 23.1. The van der Waals surface area contributed by atoms with Crippen molar-refractivity contribution in [2.75, 3.05) is 42.6 Å². The summed E-state index contributed by atoms with van der Waals surface area (Å²) in [6, 6.07) is 16.0. The van der Waals surface area contributed by atoms with Gasteiger partial charge in [-0.05, 0) is 69.4 Å². The lowest BCUT2D eigenvalue weighted by molar-refractivity contribution is -0.154. The highest BCUT2D eigenvalue weighted by molar-refractivity contribution is 6.05. The summed E-state index contributed by atoms with van der Waals surface area (Å²) in [5, 5.41) is 10.6. The Morgan fingerprint density at radius 2 is 1.62 bits per heavy atom. The van der Waals surface area contributed by atoms with Crippen molar-refractivity contribution in [3.05, 3.63) is 85.5 Å². The molecule has 3 saturated heterocycles. The van der Waals surface area contributed by atoms with Crippen LogP contribution in [0.3, 0.4) is 0 Å². The highest BCUT2D eigenvalue weighted by atomic mass is 16.5. The van der Waals surface area contributed by atoms with E-state index in [2.05, 4.69) is 31.9 Å². The molecule has 2 aromatic carbocycles. The summed E-state index contributed by atoms with van der Waals surface area (Å²) in [5.74, 6) is -2.59. The van der Waals surface area contributed by atoms with Crippen molar-refractivity contribution in [3.63, 3.8) is 0 Å². The summed E-state index contributed by atoms with van der Waals surface area (Å²) in [7, 11) is 0. The second kappa shape index (κ2) is 14.3. The van der Waals surface area contributed by atoms with Crippen molar-refractivity contribution in [1.29, 1.82) is 0 Å². The van der Waals surface area contributed by atoms with E-state index in [1.54, 1.807) is 26.9 Å². The van der Waals surface area contributed by atoms with Crippen LogP contribution in [0.1, 0.15) is 53.0 Å². The zero-order chi connectivity index (χ0) is 34.8. The van der Waals surface area contributed by atoms with Crippen LogP contribution in [-0.4, -0.2) is 88.7 Å². The molecule has 3 unspecified atom stereocenters. The highest BCUT2D eigenvalue weighted by Gasteiger charge is 2.80. The Balaban J connectivity index is 1.59. The molecule has 1 N–H and O–H groups in total. The van der Waals surface area contributed by atoms with E-state index < -0.39 is 35.1 Å². The van der Waals surface area contributed by atoms with E-state index in [1.807, 2.05) is 75.4 Å². The van der Waals surface area contributed by atoms with Crippen molar-refractivity contribution in [2.45, 2.75) is 77.3 Å². The second-order valence-electron chi connectivity index (χ2n) is 13.6. The molecule has 0 radical (unpaired) electrons. The van der Waals surface area contributed by atoms with Gasteiger partial charge in [0.15, 0.2) is 0 Å². The van der Waals surface area contributed by atoms with Crippen LogP contribution < -0.4 is 9.80 Å². The standard InChI is InChI=1S/C39H52N4O5/c1-8-22-41(25-28-16-14-13-15-17-28)35(45)32-33-36(46)43(29(10-3)26-44)34(39(33)24-27(6)38(32,7)48-39)37(47)42(23-9-2)31-20-18-30(19-21-31)40(11-4)12-5/h8-9,13-21,27,29,32-34,44H,1-2,10-12,22-26H2,3-7H3/t27?,29-,32+,33-,34?,38-,39?/m0/s1. The third kappa shape index (κ3) is 5.75. The maximum Gasteiger partial charge on any atom is 0.253 e. The van der Waals surface area contributed by atoms with E-state index in [-0.39, 0.29) is 36.8 Å². The summed E-state index contributed by atoms with van der Waals surface area (Å²) >= 11 is 0. The van der Waals surface area contributed by atoms with Gasteiger partial charge in [-0.25, -0.2) is 0 Å². The Morgan fingerprint density at radius 3 is 2.19 bits per heavy atom. The smallest absolute Gasteiger partial charge is 0.253 e. The SMILES string of the molecule is C=CCN(Cc1ccccc1)C(=O)[C@H]1[C@H]2C(=O)N([C@@H](CC)CO)C(C(=O)N(CC=C)c3ccc(N(CC)CC)cc3)C23CC(C)[C@]1(C)O3. The summed E-state index contributed by atoms with van der Waals surface area (Å²) < 4.78 is 7.02. The van der Waals surface area contributed by atoms with Crippen molar-refractivity contribution in [3.8, 4) is 0 Å². The third-order valence-corrected chi connectivity index (χ3v) is 11.1. The first-order valence-corrected chi connectivity index (χ1v) is 17.4. The van der Waals surface area contributed by atoms with Crippen LogP contribution in [0.5, 0.6) is 0 Å². The van der Waals surface area contributed by atoms with E-state index in [9.17, 15) is 14.7 Å². The van der Waals surface area contributed by atoms with Crippen LogP contribution in [-0.2, 0) is 25.7 Å². The normalized spacial score (nSPS) is 27.8. The number of amides is 3. The molecule has 3 fully saturated rings. The lowest BCUT2D eigenvalue weighted by atomic mass is 9.62. The number of aliphatic hydroxyl groups excluding tert-OH is 1. The topological polar surface area (TPSA) is 93.6 Å². The molecule has 48 heavy (non-hydrogen) atoms. The second-order valence-corrected chi connectivity index (χ2v) is 13.6. The predicted octanol–water partition coefficient (Wildman–Crippen LogP) is 5.05. The van der Waals surface area contributed by atoms with Crippen LogP contribution in [0, 0.1) is 17.8 Å². The molecule has 3 amide bonds. The first-order valence-electron chi connectivity index (χ1n) is 17.4. The summed E-state index contributed by atoms with van der Waals surface area (Å²) in [6.07, 6.45) is 4.26. The maximum absolute atomic E-state index is 15.1. The fourth-order valence-electron chi connectivity index (χ4n) is 8.56. The number of anilines is 2. The number of hydrogen-bond donors (Lipinski definition) is 1. The molecule has 9 nitrogen and oxygen atoms in total. The maximum atomic E-state index is 15.1. The number of benzene rings is 2. The van der Waals surface area contributed by atoms with Crippen LogP contribution in [0.4, 0.5) is 11.4 Å². The quantitative estimate of drug-likeness (QED) is 0.270. The highest BCUT2D eigenvalue weighted by Crippen LogP contribution is 2.66. The molecule has 3 aliphatic heterocycles. The molecular formula is C39H52N4O5. The number of rotatable bonds is 15. The van der Waals surface area contributed by atoms with E-state index in [1.165, 1.54) is 0 Å². The minimum absolute atomic E-state index is 0.108. The molecule has 9 heteroatoms. The number of nitrogens with zero attached hydrogens (tertiary/aromatic N) is 4. The van der Waals surface area contributed by atoms with Gasteiger partial charge in [0.25, 0.3) is 5.91 Å². The van der Waals surface area contributed by atoms with Gasteiger partial charge in [-0.1, -0.05) is 56.3 Å². The Morgan fingerprint density at radius 1 is 1.00 bits per heavy atom. The predicted molar refractivity (Wildman–Crippen MR) is 189 cm³/mol. The van der Waals surface area contributed by atoms with Gasteiger partial charge in [0.05, 0.1) is 30.1 Å². The molecule has 258 valence electrons. The number of aliphatic hydroxyl groups is 1. The first kappa shape index (κ1) is 35.4. The molecule has 3 aliphatic rings. The fraction of sp³-hybridized carbons (Fsp3) is 0.513. The molecule has 1 spiro atoms. The number of likely N-dealkylation sites (tertiary alicyclic amines) is 1.